The lowest BCUT2D eigenvalue weighted by atomic mass is 9.82. The topological polar surface area (TPSA) is 145 Å². The van der Waals surface area contributed by atoms with E-state index in [9.17, 15) is 35.1 Å². The second-order valence-electron chi connectivity index (χ2n) is 7.33. The SMILES string of the molecule is COc1cc(C(c2cc(C(C)=O)c(O)cc2O)c2cc(C(C)=O)c(O)cc2O)ccc1O. The standard InChI is InChI=1S/C24H22O8/c1-11(25)14-7-16(21(30)9-19(14)28)24(13-4-5-18(27)23(6-13)32-3)17-8-15(12(2)26)20(29)10-22(17)31/h4-10,24,27-31H,1-3H3. The number of Topliss-reactive ketones (excluding diaryl/α,β-unsaturated/α-hetero) is 2. The fourth-order valence-electron chi connectivity index (χ4n) is 3.61. The smallest absolute Gasteiger partial charge is 0.163 e. The first-order valence-electron chi connectivity index (χ1n) is 9.55. The first kappa shape index (κ1) is 22.5. The third kappa shape index (κ3) is 4.02. The number of hydrogen-bond donors (Lipinski definition) is 5. The van der Waals surface area contributed by atoms with Crippen LogP contribution in [0.4, 0.5) is 0 Å². The lowest BCUT2D eigenvalue weighted by molar-refractivity contribution is 0.100. The number of phenolic OH excluding ortho intramolecular Hbond substituents is 5. The number of aromatic hydroxyl groups is 5. The van der Waals surface area contributed by atoms with Gasteiger partial charge < -0.3 is 30.3 Å². The van der Waals surface area contributed by atoms with E-state index in [0.29, 0.717) is 5.56 Å². The van der Waals surface area contributed by atoms with Gasteiger partial charge in [-0.05, 0) is 43.7 Å². The van der Waals surface area contributed by atoms with Crippen LogP contribution in [-0.4, -0.2) is 44.2 Å². The van der Waals surface area contributed by atoms with Crippen LogP contribution in [0.15, 0.2) is 42.5 Å². The minimum atomic E-state index is -0.970. The Hall–Kier alpha value is -4.20. The van der Waals surface area contributed by atoms with Crippen LogP contribution in [0.3, 0.4) is 0 Å². The number of carbonyl (C=O) groups is 2. The number of methoxy groups -OCH3 is 1. The van der Waals surface area contributed by atoms with Gasteiger partial charge in [0.25, 0.3) is 0 Å². The molecule has 0 radical (unpaired) electrons. The van der Waals surface area contributed by atoms with Crippen LogP contribution in [-0.2, 0) is 0 Å². The molecule has 0 aliphatic heterocycles. The highest BCUT2D eigenvalue weighted by Crippen LogP contribution is 2.45. The normalized spacial score (nSPS) is 10.9. The summed E-state index contributed by atoms with van der Waals surface area (Å²) in [6, 6.07) is 8.95. The minimum absolute atomic E-state index is 0.0568. The summed E-state index contributed by atoms with van der Waals surface area (Å²) in [7, 11) is 1.35. The zero-order valence-corrected chi connectivity index (χ0v) is 17.6. The van der Waals surface area contributed by atoms with Crippen LogP contribution in [0, 0.1) is 0 Å². The highest BCUT2D eigenvalue weighted by Gasteiger charge is 2.28. The van der Waals surface area contributed by atoms with Crippen molar-refractivity contribution in [1.29, 1.82) is 0 Å². The highest BCUT2D eigenvalue weighted by molar-refractivity contribution is 5.98. The lowest BCUT2D eigenvalue weighted by Crippen LogP contribution is -2.08. The van der Waals surface area contributed by atoms with Gasteiger partial charge in [0, 0.05) is 29.2 Å². The third-order valence-corrected chi connectivity index (χ3v) is 5.21. The molecule has 0 spiro atoms. The van der Waals surface area contributed by atoms with Crippen molar-refractivity contribution in [3.05, 3.63) is 70.3 Å². The Kier molecular flexibility index (Phi) is 5.98. The van der Waals surface area contributed by atoms with E-state index in [1.807, 2.05) is 0 Å². The molecule has 8 heteroatoms. The molecule has 0 aliphatic rings. The molecule has 0 heterocycles. The molecule has 32 heavy (non-hydrogen) atoms. The first-order chi connectivity index (χ1) is 15.0. The Bertz CT molecular complexity index is 1160. The van der Waals surface area contributed by atoms with Gasteiger partial charge in [-0.25, -0.2) is 0 Å². The molecule has 8 nitrogen and oxygen atoms in total. The van der Waals surface area contributed by atoms with Crippen molar-refractivity contribution in [1.82, 2.24) is 0 Å². The van der Waals surface area contributed by atoms with Crippen molar-refractivity contribution >= 4 is 11.6 Å². The Labute approximate surface area is 183 Å². The summed E-state index contributed by atoms with van der Waals surface area (Å²) in [6.45, 7) is 2.50. The van der Waals surface area contributed by atoms with Gasteiger partial charge in [-0.2, -0.15) is 0 Å². The maximum absolute atomic E-state index is 12.0. The molecule has 0 bridgehead atoms. The molecule has 0 aromatic heterocycles. The molecule has 0 fully saturated rings. The van der Waals surface area contributed by atoms with Crippen molar-refractivity contribution in [3.8, 4) is 34.5 Å². The highest BCUT2D eigenvalue weighted by atomic mass is 16.5. The van der Waals surface area contributed by atoms with E-state index >= 15 is 0 Å². The van der Waals surface area contributed by atoms with E-state index in [1.54, 1.807) is 0 Å². The molecule has 0 aliphatic carbocycles. The van der Waals surface area contributed by atoms with Crippen molar-refractivity contribution in [2.24, 2.45) is 0 Å². The predicted molar refractivity (Wildman–Crippen MR) is 115 cm³/mol. The van der Waals surface area contributed by atoms with Gasteiger partial charge in [-0.15, -0.1) is 0 Å². The van der Waals surface area contributed by atoms with Crippen molar-refractivity contribution < 1.29 is 39.9 Å². The van der Waals surface area contributed by atoms with E-state index in [1.165, 1.54) is 51.3 Å². The second-order valence-corrected chi connectivity index (χ2v) is 7.33. The quantitative estimate of drug-likeness (QED) is 0.289. The van der Waals surface area contributed by atoms with E-state index in [2.05, 4.69) is 0 Å². The van der Waals surface area contributed by atoms with Gasteiger partial charge in [0.15, 0.2) is 23.1 Å². The molecule has 3 rings (SSSR count). The largest absolute Gasteiger partial charge is 0.507 e. The molecule has 0 saturated carbocycles. The zero-order chi connectivity index (χ0) is 23.7. The molecule has 0 amide bonds. The number of phenols is 5. The molecule has 0 saturated heterocycles. The summed E-state index contributed by atoms with van der Waals surface area (Å²) >= 11 is 0. The van der Waals surface area contributed by atoms with E-state index in [4.69, 9.17) is 4.74 Å². The summed E-state index contributed by atoms with van der Waals surface area (Å²) in [5.41, 5.74) is 0.579. The van der Waals surface area contributed by atoms with Crippen LogP contribution >= 0.6 is 0 Å². The summed E-state index contributed by atoms with van der Waals surface area (Å²) in [5, 5.41) is 51.4. The predicted octanol–water partition coefficient (Wildman–Crippen LogP) is 3.81. The number of carbonyl (C=O) groups excluding carboxylic acids is 2. The van der Waals surface area contributed by atoms with Crippen LogP contribution in [0.25, 0.3) is 0 Å². The van der Waals surface area contributed by atoms with Gasteiger partial charge in [-0.3, -0.25) is 9.59 Å². The number of hydrogen-bond acceptors (Lipinski definition) is 8. The molecule has 0 unspecified atom stereocenters. The molecule has 3 aromatic rings. The van der Waals surface area contributed by atoms with Gasteiger partial charge in [0.05, 0.1) is 18.2 Å². The van der Waals surface area contributed by atoms with Gasteiger partial charge in [0.2, 0.25) is 0 Å². The van der Waals surface area contributed by atoms with E-state index in [0.717, 1.165) is 12.1 Å². The Morgan fingerprint density at radius 1 is 0.688 bits per heavy atom. The third-order valence-electron chi connectivity index (χ3n) is 5.21. The average Bonchev–Trinajstić information content (AvgIpc) is 2.71. The van der Waals surface area contributed by atoms with Gasteiger partial charge in [-0.1, -0.05) is 6.07 Å². The minimum Gasteiger partial charge on any atom is -0.507 e. The number of rotatable bonds is 6. The first-order valence-corrected chi connectivity index (χ1v) is 9.55. The Balaban J connectivity index is 2.40. The van der Waals surface area contributed by atoms with Crippen molar-refractivity contribution in [2.75, 3.05) is 7.11 Å². The van der Waals surface area contributed by atoms with Gasteiger partial charge >= 0.3 is 0 Å². The summed E-state index contributed by atoms with van der Waals surface area (Å²) in [6.07, 6.45) is 0. The monoisotopic (exact) mass is 438 g/mol. The lowest BCUT2D eigenvalue weighted by Gasteiger charge is -2.23. The average molecular weight is 438 g/mol. The molecule has 166 valence electrons. The van der Waals surface area contributed by atoms with Crippen LogP contribution in [0.2, 0.25) is 0 Å². The number of ether oxygens (including phenoxy) is 1. The Morgan fingerprint density at radius 2 is 1.16 bits per heavy atom. The maximum Gasteiger partial charge on any atom is 0.163 e. The van der Waals surface area contributed by atoms with Crippen LogP contribution < -0.4 is 4.74 Å². The summed E-state index contributed by atoms with van der Waals surface area (Å²) in [4.78, 5) is 24.0. The van der Waals surface area contributed by atoms with Gasteiger partial charge in [0.1, 0.15) is 23.0 Å². The molecular formula is C24H22O8. The number of benzene rings is 3. The summed E-state index contributed by atoms with van der Waals surface area (Å²) < 4.78 is 5.17. The van der Waals surface area contributed by atoms with Crippen molar-refractivity contribution in [3.63, 3.8) is 0 Å². The second kappa shape index (κ2) is 8.50. The summed E-state index contributed by atoms with van der Waals surface area (Å²) in [5.74, 6) is -3.49. The molecule has 3 aromatic carbocycles. The molecule has 0 atom stereocenters. The van der Waals surface area contributed by atoms with Crippen molar-refractivity contribution in [2.45, 2.75) is 19.8 Å². The molecular weight excluding hydrogens is 416 g/mol. The zero-order valence-electron chi connectivity index (χ0n) is 17.6. The van der Waals surface area contributed by atoms with E-state index < -0.39 is 29.0 Å². The van der Waals surface area contributed by atoms with Crippen LogP contribution in [0.1, 0.15) is 57.2 Å². The van der Waals surface area contributed by atoms with E-state index in [-0.39, 0.29) is 45.3 Å². The fourth-order valence-corrected chi connectivity index (χ4v) is 3.61. The number of ketones is 2. The van der Waals surface area contributed by atoms with Crippen LogP contribution in [0.5, 0.6) is 34.5 Å². The molecule has 5 N–H and O–H groups in total. The maximum atomic E-state index is 12.0. The Morgan fingerprint density at radius 3 is 1.56 bits per heavy atom. The fraction of sp³-hybridized carbons (Fsp3) is 0.167.